The highest BCUT2D eigenvalue weighted by Gasteiger charge is 2.31. The van der Waals surface area contributed by atoms with Crippen LogP contribution in [0.3, 0.4) is 0 Å². The minimum atomic E-state index is -4.41. The van der Waals surface area contributed by atoms with Crippen molar-refractivity contribution >= 4 is 38.7 Å². The van der Waals surface area contributed by atoms with Gasteiger partial charge in [0, 0.05) is 33.3 Å². The second-order valence-corrected chi connectivity index (χ2v) is 10.0. The van der Waals surface area contributed by atoms with E-state index in [2.05, 4.69) is 27.8 Å². The molecule has 0 saturated carbocycles. The van der Waals surface area contributed by atoms with Crippen LogP contribution in [-0.2, 0) is 11.2 Å². The Morgan fingerprint density at radius 1 is 1.12 bits per heavy atom. The summed E-state index contributed by atoms with van der Waals surface area (Å²) in [6.07, 6.45) is -5.51. The quantitative estimate of drug-likeness (QED) is 0.160. The maximum atomic E-state index is 14.6. The van der Waals surface area contributed by atoms with E-state index in [1.54, 1.807) is 12.1 Å². The number of fused-ring (bicyclic) bond motifs is 1. The van der Waals surface area contributed by atoms with Crippen LogP contribution >= 0.6 is 11.3 Å². The van der Waals surface area contributed by atoms with Crippen LogP contribution in [0.15, 0.2) is 30.3 Å². The van der Waals surface area contributed by atoms with E-state index in [9.17, 15) is 22.4 Å². The van der Waals surface area contributed by atoms with E-state index in [1.807, 2.05) is 25.1 Å². The first kappa shape index (κ1) is 31.0. The van der Waals surface area contributed by atoms with Gasteiger partial charge in [-0.3, -0.25) is 4.79 Å². The third-order valence-corrected chi connectivity index (χ3v) is 6.92. The van der Waals surface area contributed by atoms with Gasteiger partial charge in [-0.05, 0) is 37.2 Å². The molecule has 3 rings (SSSR count). The van der Waals surface area contributed by atoms with Crippen molar-refractivity contribution in [2.75, 3.05) is 71.7 Å². The Bertz CT molecular complexity index is 1380. The highest BCUT2D eigenvalue weighted by Crippen LogP contribution is 2.39. The summed E-state index contributed by atoms with van der Waals surface area (Å²) in [5.74, 6) is 4.56. The first-order valence-electron chi connectivity index (χ1n) is 12.4. The Labute approximate surface area is 234 Å². The average molecular weight is 581 g/mol. The summed E-state index contributed by atoms with van der Waals surface area (Å²) in [4.78, 5) is 14.3. The Hall–Kier alpha value is -3.53. The summed E-state index contributed by atoms with van der Waals surface area (Å²) in [5, 5.41) is 9.12. The van der Waals surface area contributed by atoms with Gasteiger partial charge < -0.3 is 30.3 Å². The largest absolute Gasteiger partial charge is 0.489 e. The second kappa shape index (κ2) is 14.2. The smallest absolute Gasteiger partial charge is 0.393 e. The number of nitrogens with one attached hydrogen (secondary N) is 3. The lowest BCUT2D eigenvalue weighted by atomic mass is 10.1. The molecule has 2 aromatic carbocycles. The van der Waals surface area contributed by atoms with E-state index >= 15 is 0 Å². The highest BCUT2D eigenvalue weighted by molar-refractivity contribution is 7.20. The fourth-order valence-corrected chi connectivity index (χ4v) is 5.00. The van der Waals surface area contributed by atoms with E-state index < -0.39 is 24.3 Å². The molecule has 12 heteroatoms. The van der Waals surface area contributed by atoms with Crippen LogP contribution in [0.25, 0.3) is 10.1 Å². The molecule has 0 radical (unpaired) electrons. The molecule has 1 amide bonds. The first-order chi connectivity index (χ1) is 19.0. The van der Waals surface area contributed by atoms with Crippen molar-refractivity contribution in [3.8, 4) is 17.6 Å². The van der Waals surface area contributed by atoms with Crippen molar-refractivity contribution < 1.29 is 31.8 Å². The zero-order chi connectivity index (χ0) is 29.3. The molecule has 3 N–H and O–H groups in total. The van der Waals surface area contributed by atoms with Gasteiger partial charge in [-0.15, -0.1) is 11.3 Å². The maximum Gasteiger partial charge on any atom is 0.393 e. The van der Waals surface area contributed by atoms with E-state index in [0.717, 1.165) is 18.3 Å². The van der Waals surface area contributed by atoms with Crippen LogP contribution in [-0.4, -0.2) is 78.1 Å². The number of anilines is 2. The molecule has 0 fully saturated rings. The normalized spacial score (nSPS) is 11.3. The number of hydrogen-bond donors (Lipinski definition) is 3. The molecule has 40 heavy (non-hydrogen) atoms. The van der Waals surface area contributed by atoms with Gasteiger partial charge in [-0.2, -0.15) is 13.2 Å². The molecule has 0 saturated heterocycles. The minimum absolute atomic E-state index is 0.00690. The molecule has 0 aliphatic heterocycles. The Kier molecular flexibility index (Phi) is 11.0. The fraction of sp³-hybridized carbons (Fsp3) is 0.393. The van der Waals surface area contributed by atoms with Crippen molar-refractivity contribution in [3.63, 3.8) is 0 Å². The molecule has 0 bridgehead atoms. The van der Waals surface area contributed by atoms with Crippen LogP contribution in [0.5, 0.6) is 5.75 Å². The number of halogens is 4. The van der Waals surface area contributed by atoms with Gasteiger partial charge in [0.2, 0.25) is 0 Å². The third kappa shape index (κ3) is 8.48. The number of likely N-dealkylation sites (N-methyl/N-ethyl adjacent to an activating group) is 1. The Balaban J connectivity index is 1.89. The van der Waals surface area contributed by atoms with Crippen molar-refractivity contribution in [1.29, 1.82) is 0 Å². The van der Waals surface area contributed by atoms with Crippen LogP contribution in [0.2, 0.25) is 0 Å². The number of hydrogen-bond acceptors (Lipinski definition) is 7. The SMILES string of the molecule is CNC(=O)c1cc(OCCOC)c(NCC#Cc2sc3c(NCCN(C)C)cccc3c2CC(F)(F)F)cc1F. The summed E-state index contributed by atoms with van der Waals surface area (Å²) in [6.45, 7) is 1.81. The van der Waals surface area contributed by atoms with Crippen molar-refractivity contribution in [2.24, 2.45) is 0 Å². The number of amides is 1. The number of carbonyl (C=O) groups is 1. The van der Waals surface area contributed by atoms with Crippen molar-refractivity contribution in [1.82, 2.24) is 10.2 Å². The number of rotatable bonds is 12. The predicted molar refractivity (Wildman–Crippen MR) is 151 cm³/mol. The van der Waals surface area contributed by atoms with E-state index in [-0.39, 0.29) is 42.3 Å². The van der Waals surface area contributed by atoms with Gasteiger partial charge in [0.25, 0.3) is 5.91 Å². The lowest BCUT2D eigenvalue weighted by molar-refractivity contribution is -0.126. The van der Waals surface area contributed by atoms with E-state index in [4.69, 9.17) is 9.47 Å². The average Bonchev–Trinajstić information content (AvgIpc) is 3.23. The van der Waals surface area contributed by atoms with Crippen molar-refractivity contribution in [3.05, 3.63) is 52.2 Å². The molecule has 0 aliphatic rings. The summed E-state index contributed by atoms with van der Waals surface area (Å²) in [6, 6.07) is 7.64. The summed E-state index contributed by atoms with van der Waals surface area (Å²) in [5.41, 5.74) is 0.933. The lowest BCUT2D eigenvalue weighted by Crippen LogP contribution is -2.20. The third-order valence-electron chi connectivity index (χ3n) is 5.73. The molecular weight excluding hydrogens is 548 g/mol. The number of alkyl halides is 3. The summed E-state index contributed by atoms with van der Waals surface area (Å²) in [7, 11) is 6.77. The second-order valence-electron chi connectivity index (χ2n) is 9.02. The topological polar surface area (TPSA) is 74.9 Å². The molecule has 7 nitrogen and oxygen atoms in total. The Morgan fingerprint density at radius 3 is 2.58 bits per heavy atom. The molecule has 0 unspecified atom stereocenters. The summed E-state index contributed by atoms with van der Waals surface area (Å²) < 4.78 is 66.4. The molecule has 0 atom stereocenters. The first-order valence-corrected chi connectivity index (χ1v) is 13.3. The molecule has 216 valence electrons. The van der Waals surface area contributed by atoms with Crippen molar-refractivity contribution in [2.45, 2.75) is 12.6 Å². The number of methoxy groups -OCH3 is 1. The number of ether oxygens (including phenoxy) is 2. The molecule has 1 heterocycles. The van der Waals surface area contributed by atoms with Crippen LogP contribution in [0.1, 0.15) is 20.8 Å². The predicted octanol–water partition coefficient (Wildman–Crippen LogP) is 4.97. The number of benzene rings is 2. The molecule has 1 aromatic heterocycles. The standard InChI is InChI=1S/C28H32F4N4O3S/c1-33-27(37)19-15-24(39-14-13-38-4)23(16-21(19)29)34-10-6-9-25-20(17-28(30,31)32)18-7-5-8-22(26(18)40-25)35-11-12-36(2)3/h5,7-8,15-16,34-35H,10-14,17H2,1-4H3,(H,33,37). The summed E-state index contributed by atoms with van der Waals surface area (Å²) >= 11 is 1.20. The van der Waals surface area contributed by atoms with Gasteiger partial charge in [-0.1, -0.05) is 24.0 Å². The maximum absolute atomic E-state index is 14.6. The molecule has 0 spiro atoms. The molecule has 3 aromatic rings. The fourth-order valence-electron chi connectivity index (χ4n) is 3.82. The lowest BCUT2D eigenvalue weighted by Gasteiger charge is -2.14. The monoisotopic (exact) mass is 580 g/mol. The van der Waals surface area contributed by atoms with E-state index in [0.29, 0.717) is 21.5 Å². The van der Waals surface area contributed by atoms with Gasteiger partial charge in [-0.25, -0.2) is 4.39 Å². The zero-order valence-corrected chi connectivity index (χ0v) is 23.5. The van der Waals surface area contributed by atoms with Crippen LogP contribution < -0.4 is 20.7 Å². The van der Waals surface area contributed by atoms with E-state index in [1.165, 1.54) is 31.6 Å². The van der Waals surface area contributed by atoms with Crippen LogP contribution in [0.4, 0.5) is 28.9 Å². The molecule has 0 aliphatic carbocycles. The number of nitrogens with zero attached hydrogens (tertiary/aromatic N) is 1. The number of thiophene rings is 1. The minimum Gasteiger partial charge on any atom is -0.489 e. The van der Waals surface area contributed by atoms with Gasteiger partial charge in [0.1, 0.15) is 18.2 Å². The van der Waals surface area contributed by atoms with Gasteiger partial charge >= 0.3 is 6.18 Å². The Morgan fingerprint density at radius 2 is 1.90 bits per heavy atom. The van der Waals surface area contributed by atoms with Gasteiger partial charge in [0.05, 0.1) is 46.1 Å². The molecular formula is C28H32F4N4O3S. The zero-order valence-electron chi connectivity index (χ0n) is 22.7. The highest BCUT2D eigenvalue weighted by atomic mass is 32.1. The number of carbonyl (C=O) groups excluding carboxylic acids is 1. The van der Waals surface area contributed by atoms with Crippen LogP contribution in [0, 0.1) is 17.7 Å². The van der Waals surface area contributed by atoms with Gasteiger partial charge in [0.15, 0.2) is 0 Å².